The lowest BCUT2D eigenvalue weighted by atomic mass is 9.94. The van der Waals surface area contributed by atoms with Crippen molar-refractivity contribution in [3.63, 3.8) is 0 Å². The molecule has 0 saturated carbocycles. The number of rotatable bonds is 4. The lowest BCUT2D eigenvalue weighted by Gasteiger charge is -2.37. The second-order valence-electron chi connectivity index (χ2n) is 9.32. The number of hydrogen-bond acceptors (Lipinski definition) is 4. The number of aromatic nitrogens is 3. The molecule has 2 amide bonds. The molecule has 1 aromatic carbocycles. The lowest BCUT2D eigenvalue weighted by Crippen LogP contribution is -2.51. The van der Waals surface area contributed by atoms with Crippen LogP contribution in [0.25, 0.3) is 11.5 Å². The summed E-state index contributed by atoms with van der Waals surface area (Å²) >= 11 is 0. The van der Waals surface area contributed by atoms with Crippen LogP contribution in [-0.4, -0.2) is 87.2 Å². The van der Waals surface area contributed by atoms with Crippen LogP contribution in [-0.2, 0) is 4.79 Å². The molecule has 2 saturated heterocycles. The molecule has 3 aromatic rings. The predicted octanol–water partition coefficient (Wildman–Crippen LogP) is 2.60. The molecular weight excluding hydrogens is 428 g/mol. The number of likely N-dealkylation sites (tertiary alicyclic amines) is 1. The van der Waals surface area contributed by atoms with Crippen molar-refractivity contribution < 1.29 is 9.59 Å². The third-order valence-electron chi connectivity index (χ3n) is 7.05. The van der Waals surface area contributed by atoms with Gasteiger partial charge in [-0.3, -0.25) is 9.59 Å². The first-order valence-electron chi connectivity index (χ1n) is 12.1. The molecule has 2 aliphatic heterocycles. The van der Waals surface area contributed by atoms with Crippen molar-refractivity contribution in [3.05, 3.63) is 66.1 Å². The van der Waals surface area contributed by atoms with Gasteiger partial charge in [-0.05, 0) is 51.1 Å². The largest absolute Gasteiger partial charge is 0.340 e. The Morgan fingerprint density at radius 3 is 2.15 bits per heavy atom. The molecular formula is C26H32N6O2. The van der Waals surface area contributed by atoms with Gasteiger partial charge in [0.1, 0.15) is 5.56 Å². The topological polar surface area (TPSA) is 66.6 Å². The highest BCUT2D eigenvalue weighted by atomic mass is 16.2. The summed E-state index contributed by atoms with van der Waals surface area (Å²) in [7, 11) is 2.09. The van der Waals surface area contributed by atoms with E-state index >= 15 is 0 Å². The summed E-state index contributed by atoms with van der Waals surface area (Å²) in [6.45, 7) is 6.52. The highest BCUT2D eigenvalue weighted by Gasteiger charge is 2.34. The molecule has 0 N–H and O–H groups in total. The van der Waals surface area contributed by atoms with Gasteiger partial charge >= 0.3 is 0 Å². The van der Waals surface area contributed by atoms with Gasteiger partial charge < -0.3 is 19.3 Å². The molecule has 4 heterocycles. The number of piperidine rings is 1. The van der Waals surface area contributed by atoms with Gasteiger partial charge in [-0.25, -0.2) is 4.68 Å². The first-order valence-corrected chi connectivity index (χ1v) is 12.1. The van der Waals surface area contributed by atoms with E-state index in [2.05, 4.69) is 11.9 Å². The van der Waals surface area contributed by atoms with Gasteiger partial charge in [0.25, 0.3) is 5.91 Å². The smallest absolute Gasteiger partial charge is 0.259 e. The van der Waals surface area contributed by atoms with Crippen molar-refractivity contribution >= 4 is 11.8 Å². The quantitative estimate of drug-likeness (QED) is 0.600. The van der Waals surface area contributed by atoms with Crippen LogP contribution in [0.15, 0.2) is 54.9 Å². The molecule has 0 radical (unpaired) electrons. The fourth-order valence-corrected chi connectivity index (χ4v) is 5.00. The maximum atomic E-state index is 13.8. The van der Waals surface area contributed by atoms with Crippen LogP contribution < -0.4 is 0 Å². The molecule has 0 unspecified atom stereocenters. The van der Waals surface area contributed by atoms with Gasteiger partial charge in [0, 0.05) is 57.6 Å². The van der Waals surface area contributed by atoms with Crippen LogP contribution in [0.2, 0.25) is 0 Å². The first kappa shape index (κ1) is 22.4. The van der Waals surface area contributed by atoms with Crippen LogP contribution in [0.3, 0.4) is 0 Å². The van der Waals surface area contributed by atoms with Crippen LogP contribution in [0.5, 0.6) is 0 Å². The zero-order valence-corrected chi connectivity index (χ0v) is 19.9. The number of aryl methyl sites for hydroxylation is 1. The van der Waals surface area contributed by atoms with Gasteiger partial charge in [0.05, 0.1) is 11.4 Å². The Labute approximate surface area is 200 Å². The Morgan fingerprint density at radius 2 is 1.50 bits per heavy atom. The number of carbonyl (C=O) groups excluding carboxylic acids is 2. The zero-order valence-electron chi connectivity index (χ0n) is 19.9. The number of amides is 2. The number of benzene rings is 1. The van der Waals surface area contributed by atoms with E-state index in [1.165, 1.54) is 0 Å². The standard InChI is InChI=1S/C26H32N6O2/c1-20-23(24(29-12-6-7-13-29)32(27-20)22-8-4-3-5-9-22)26(34)30-14-10-21(11-15-30)25(33)31-18-16-28(2)17-19-31/h3-9,12-13,21H,10-11,14-19H2,1-2H3. The maximum Gasteiger partial charge on any atom is 0.259 e. The normalized spacial score (nSPS) is 17.8. The fraction of sp³-hybridized carbons (Fsp3) is 0.423. The minimum atomic E-state index is -0.0196. The van der Waals surface area contributed by atoms with E-state index in [4.69, 9.17) is 5.10 Å². The molecule has 8 heteroatoms. The lowest BCUT2D eigenvalue weighted by molar-refractivity contribution is -0.138. The first-order chi connectivity index (χ1) is 16.5. The molecule has 2 aromatic heterocycles. The molecule has 34 heavy (non-hydrogen) atoms. The summed E-state index contributed by atoms with van der Waals surface area (Å²) in [5.41, 5.74) is 2.22. The second-order valence-corrected chi connectivity index (χ2v) is 9.32. The van der Waals surface area contributed by atoms with Crippen LogP contribution in [0.4, 0.5) is 0 Å². The molecule has 0 atom stereocenters. The number of para-hydroxylation sites is 1. The average molecular weight is 461 g/mol. The Bertz CT molecular complexity index is 1140. The third-order valence-corrected chi connectivity index (χ3v) is 7.05. The minimum Gasteiger partial charge on any atom is -0.340 e. The summed E-state index contributed by atoms with van der Waals surface area (Å²) in [5.74, 6) is 0.981. The van der Waals surface area contributed by atoms with Gasteiger partial charge in [-0.2, -0.15) is 5.10 Å². The number of hydrogen-bond donors (Lipinski definition) is 0. The number of nitrogens with zero attached hydrogens (tertiary/aromatic N) is 6. The maximum absolute atomic E-state index is 13.8. The SMILES string of the molecule is Cc1nn(-c2ccccc2)c(-n2cccc2)c1C(=O)N1CCC(C(=O)N2CCN(C)CC2)CC1. The van der Waals surface area contributed by atoms with E-state index in [1.807, 2.05) is 80.8 Å². The number of carbonyl (C=O) groups is 2. The molecule has 8 nitrogen and oxygen atoms in total. The monoisotopic (exact) mass is 460 g/mol. The fourth-order valence-electron chi connectivity index (χ4n) is 5.00. The van der Waals surface area contributed by atoms with Crippen molar-refractivity contribution in [1.29, 1.82) is 0 Å². The molecule has 5 rings (SSSR count). The van der Waals surface area contributed by atoms with Gasteiger partial charge in [0.15, 0.2) is 5.82 Å². The molecule has 2 aliphatic rings. The van der Waals surface area contributed by atoms with Crippen LogP contribution in [0, 0.1) is 12.8 Å². The van der Waals surface area contributed by atoms with Crippen molar-refractivity contribution in [1.82, 2.24) is 29.0 Å². The van der Waals surface area contributed by atoms with Crippen LogP contribution >= 0.6 is 0 Å². The summed E-state index contributed by atoms with van der Waals surface area (Å²) < 4.78 is 3.79. The highest BCUT2D eigenvalue weighted by molar-refractivity contribution is 5.99. The molecule has 178 valence electrons. The van der Waals surface area contributed by atoms with E-state index in [1.54, 1.807) is 0 Å². The van der Waals surface area contributed by atoms with E-state index in [9.17, 15) is 9.59 Å². The summed E-state index contributed by atoms with van der Waals surface area (Å²) in [5, 5.41) is 4.75. The Kier molecular flexibility index (Phi) is 6.24. The Balaban J connectivity index is 1.35. The van der Waals surface area contributed by atoms with Gasteiger partial charge in [0.2, 0.25) is 5.91 Å². The second kappa shape index (κ2) is 9.46. The van der Waals surface area contributed by atoms with Crippen molar-refractivity contribution in [3.8, 4) is 11.5 Å². The Morgan fingerprint density at radius 1 is 0.853 bits per heavy atom. The molecule has 0 spiro atoms. The summed E-state index contributed by atoms with van der Waals surface area (Å²) in [6.07, 6.45) is 5.30. The van der Waals surface area contributed by atoms with Crippen LogP contribution in [0.1, 0.15) is 28.9 Å². The Hall–Kier alpha value is -3.39. The molecule has 0 aliphatic carbocycles. The zero-order chi connectivity index (χ0) is 23.7. The van der Waals surface area contributed by atoms with Crippen molar-refractivity contribution in [2.75, 3.05) is 46.3 Å². The molecule has 2 fully saturated rings. The van der Waals surface area contributed by atoms with E-state index in [0.717, 1.165) is 37.7 Å². The van der Waals surface area contributed by atoms with Gasteiger partial charge in [-0.15, -0.1) is 0 Å². The number of piperazine rings is 1. The van der Waals surface area contributed by atoms with Crippen molar-refractivity contribution in [2.24, 2.45) is 5.92 Å². The summed E-state index contributed by atoms with van der Waals surface area (Å²) in [6, 6.07) is 13.8. The molecule has 0 bridgehead atoms. The average Bonchev–Trinajstić information content (AvgIpc) is 3.52. The summed E-state index contributed by atoms with van der Waals surface area (Å²) in [4.78, 5) is 32.9. The van der Waals surface area contributed by atoms with E-state index in [-0.39, 0.29) is 17.7 Å². The highest BCUT2D eigenvalue weighted by Crippen LogP contribution is 2.27. The van der Waals surface area contributed by atoms with E-state index < -0.39 is 0 Å². The van der Waals surface area contributed by atoms with Gasteiger partial charge in [-0.1, -0.05) is 18.2 Å². The number of likely N-dealkylation sites (N-methyl/N-ethyl adjacent to an activating group) is 1. The van der Waals surface area contributed by atoms with Crippen molar-refractivity contribution in [2.45, 2.75) is 19.8 Å². The minimum absolute atomic E-state index is 0.00418. The van der Waals surface area contributed by atoms with E-state index in [0.29, 0.717) is 37.2 Å². The third kappa shape index (κ3) is 4.25. The predicted molar refractivity (Wildman–Crippen MR) is 130 cm³/mol.